The molecule has 2 aromatic heterocycles. The van der Waals surface area contributed by atoms with Crippen LogP contribution in [-0.4, -0.2) is 104 Å². The van der Waals surface area contributed by atoms with Crippen LogP contribution in [0.2, 0.25) is 0 Å². The van der Waals surface area contributed by atoms with Crippen LogP contribution in [0.5, 0.6) is 0 Å². The molecule has 1 atom stereocenters. The molecule has 3 fully saturated rings. The van der Waals surface area contributed by atoms with Gasteiger partial charge in [-0.25, -0.2) is 4.98 Å². The number of hydrogen-bond donors (Lipinski definition) is 1. The third-order valence-corrected chi connectivity index (χ3v) is 10.1. The molecule has 43 heavy (non-hydrogen) atoms. The molecule has 1 N–H and O–H groups in total. The summed E-state index contributed by atoms with van der Waals surface area (Å²) in [6.45, 7) is 15.3. The molecular formula is C33H47N7O2S. The second-order valence-electron chi connectivity index (χ2n) is 12.4. The highest BCUT2D eigenvalue weighted by Gasteiger charge is 2.29. The number of pyridine rings is 1. The molecule has 9 nitrogen and oxygen atoms in total. The average molecular weight is 606 g/mol. The van der Waals surface area contributed by atoms with Gasteiger partial charge >= 0.3 is 0 Å². The van der Waals surface area contributed by atoms with Crippen molar-refractivity contribution in [2.45, 2.75) is 51.5 Å². The van der Waals surface area contributed by atoms with Crippen LogP contribution >= 0.6 is 11.3 Å². The Morgan fingerprint density at radius 3 is 2.65 bits per heavy atom. The quantitative estimate of drug-likeness (QED) is 0.362. The van der Waals surface area contributed by atoms with Crippen molar-refractivity contribution in [2.75, 3.05) is 88.5 Å². The zero-order valence-corrected chi connectivity index (χ0v) is 26.7. The first-order valence-corrected chi connectivity index (χ1v) is 17.1. The molecule has 6 rings (SSSR count). The van der Waals surface area contributed by atoms with E-state index in [1.165, 1.54) is 29.5 Å². The number of ether oxygens (including phenoxy) is 1. The van der Waals surface area contributed by atoms with Crippen LogP contribution in [0.3, 0.4) is 0 Å². The minimum atomic E-state index is -0.0466. The van der Waals surface area contributed by atoms with E-state index in [1.54, 1.807) is 11.3 Å². The van der Waals surface area contributed by atoms with Gasteiger partial charge in [-0.2, -0.15) is 0 Å². The predicted molar refractivity (Wildman–Crippen MR) is 175 cm³/mol. The zero-order chi connectivity index (χ0) is 29.6. The molecule has 0 bridgehead atoms. The number of morpholine rings is 1. The van der Waals surface area contributed by atoms with E-state index >= 15 is 0 Å². The normalized spacial score (nSPS) is 19.7. The number of anilines is 2. The number of likely N-dealkylation sites (tertiary alicyclic amines) is 1. The molecule has 0 aliphatic carbocycles. The van der Waals surface area contributed by atoms with Gasteiger partial charge in [0.2, 0.25) is 5.91 Å². The van der Waals surface area contributed by atoms with E-state index in [4.69, 9.17) is 14.7 Å². The van der Waals surface area contributed by atoms with Gasteiger partial charge < -0.3 is 24.8 Å². The van der Waals surface area contributed by atoms with E-state index in [-0.39, 0.29) is 11.9 Å². The molecule has 3 aromatic rings. The van der Waals surface area contributed by atoms with E-state index in [0.717, 1.165) is 94.9 Å². The third kappa shape index (κ3) is 7.48. The van der Waals surface area contributed by atoms with Crippen LogP contribution in [0, 0.1) is 0 Å². The highest BCUT2D eigenvalue weighted by Crippen LogP contribution is 2.34. The van der Waals surface area contributed by atoms with Gasteiger partial charge in [0.25, 0.3) is 0 Å². The largest absolute Gasteiger partial charge is 0.378 e. The fourth-order valence-corrected chi connectivity index (χ4v) is 7.54. The Morgan fingerprint density at radius 1 is 1.00 bits per heavy atom. The summed E-state index contributed by atoms with van der Waals surface area (Å²) in [4.78, 5) is 33.0. The Bertz CT molecular complexity index is 1350. The maximum absolute atomic E-state index is 13.3. The number of carbonyl (C=O) groups is 1. The second-order valence-corrected chi connectivity index (χ2v) is 13.3. The summed E-state index contributed by atoms with van der Waals surface area (Å²) in [7, 11) is 0. The lowest BCUT2D eigenvalue weighted by molar-refractivity contribution is -0.122. The van der Waals surface area contributed by atoms with Gasteiger partial charge in [-0.15, -0.1) is 11.3 Å². The highest BCUT2D eigenvalue weighted by atomic mass is 32.1. The van der Waals surface area contributed by atoms with Crippen molar-refractivity contribution in [1.82, 2.24) is 25.1 Å². The number of aromatic nitrogens is 2. The number of benzene rings is 1. The maximum Gasteiger partial charge on any atom is 0.222 e. The predicted octanol–water partition coefficient (Wildman–Crippen LogP) is 4.51. The molecule has 3 aliphatic heterocycles. The van der Waals surface area contributed by atoms with Crippen molar-refractivity contribution in [3.8, 4) is 0 Å². The number of carbonyl (C=O) groups excluding carboxylic acids is 1. The molecule has 232 valence electrons. The minimum absolute atomic E-state index is 0.0466. The molecule has 0 saturated carbocycles. The monoisotopic (exact) mass is 605 g/mol. The van der Waals surface area contributed by atoms with Gasteiger partial charge in [-0.05, 0) is 62.0 Å². The van der Waals surface area contributed by atoms with Crippen LogP contribution in [0.25, 0.3) is 10.9 Å². The SMILES string of the molecule is CC(C)c1cc(N2CCCN(C(CC(=O)NCCN3CCCC3)c3csc(N4CCOCC4)n3)CC2)c2ncccc2c1. The smallest absolute Gasteiger partial charge is 0.222 e. The molecule has 1 amide bonds. The molecular weight excluding hydrogens is 558 g/mol. The first-order valence-electron chi connectivity index (χ1n) is 16.2. The number of rotatable bonds is 10. The Labute approximate surface area is 260 Å². The topological polar surface area (TPSA) is 77.1 Å². The van der Waals surface area contributed by atoms with Gasteiger partial charge in [-0.3, -0.25) is 14.7 Å². The van der Waals surface area contributed by atoms with Gasteiger partial charge in [0, 0.05) is 75.7 Å². The third-order valence-electron chi connectivity index (χ3n) is 9.15. The van der Waals surface area contributed by atoms with Gasteiger partial charge in [-0.1, -0.05) is 19.9 Å². The van der Waals surface area contributed by atoms with Crippen molar-refractivity contribution in [3.63, 3.8) is 0 Å². The number of hydrogen-bond acceptors (Lipinski definition) is 9. The molecule has 1 unspecified atom stereocenters. The fraction of sp³-hybridized carbons (Fsp3) is 0.606. The number of fused-ring (bicyclic) bond motifs is 1. The number of nitrogens with zero attached hydrogens (tertiary/aromatic N) is 6. The number of nitrogens with one attached hydrogen (secondary N) is 1. The zero-order valence-electron chi connectivity index (χ0n) is 25.8. The lowest BCUT2D eigenvalue weighted by atomic mass is 9.99. The highest BCUT2D eigenvalue weighted by molar-refractivity contribution is 7.13. The van der Waals surface area contributed by atoms with Gasteiger partial charge in [0.05, 0.1) is 36.2 Å². The first kappa shape index (κ1) is 30.2. The summed E-state index contributed by atoms with van der Waals surface area (Å²) in [6.07, 6.45) is 5.89. The van der Waals surface area contributed by atoms with E-state index in [1.807, 2.05) is 12.3 Å². The Kier molecular flexibility index (Phi) is 10.1. The Morgan fingerprint density at radius 2 is 1.84 bits per heavy atom. The van der Waals surface area contributed by atoms with Crippen molar-refractivity contribution in [1.29, 1.82) is 0 Å². The Balaban J connectivity index is 1.19. The molecule has 5 heterocycles. The van der Waals surface area contributed by atoms with Crippen molar-refractivity contribution < 1.29 is 9.53 Å². The van der Waals surface area contributed by atoms with E-state index in [2.05, 4.69) is 62.3 Å². The van der Waals surface area contributed by atoms with Crippen LogP contribution in [0.15, 0.2) is 35.8 Å². The van der Waals surface area contributed by atoms with Crippen LogP contribution in [0.4, 0.5) is 10.8 Å². The van der Waals surface area contributed by atoms with E-state index in [9.17, 15) is 4.79 Å². The molecule has 3 saturated heterocycles. The first-order chi connectivity index (χ1) is 21.0. The second kappa shape index (κ2) is 14.3. The maximum atomic E-state index is 13.3. The van der Waals surface area contributed by atoms with Crippen molar-refractivity contribution in [2.24, 2.45) is 0 Å². The summed E-state index contributed by atoms with van der Waals surface area (Å²) < 4.78 is 5.57. The average Bonchev–Trinajstić information content (AvgIpc) is 3.68. The summed E-state index contributed by atoms with van der Waals surface area (Å²) in [5.41, 5.74) is 4.66. The summed E-state index contributed by atoms with van der Waals surface area (Å²) in [5, 5.41) is 7.65. The number of amides is 1. The number of thiazole rings is 1. The fourth-order valence-electron chi connectivity index (χ4n) is 6.62. The lowest BCUT2D eigenvalue weighted by Crippen LogP contribution is -2.39. The molecule has 10 heteroatoms. The summed E-state index contributed by atoms with van der Waals surface area (Å²) in [6, 6.07) is 8.78. The van der Waals surface area contributed by atoms with Crippen LogP contribution < -0.4 is 15.1 Å². The molecule has 1 aromatic carbocycles. The van der Waals surface area contributed by atoms with Crippen molar-refractivity contribution in [3.05, 3.63) is 47.1 Å². The van der Waals surface area contributed by atoms with Crippen LogP contribution in [0.1, 0.15) is 62.7 Å². The van der Waals surface area contributed by atoms with Crippen LogP contribution in [-0.2, 0) is 9.53 Å². The van der Waals surface area contributed by atoms with E-state index in [0.29, 0.717) is 18.9 Å². The summed E-state index contributed by atoms with van der Waals surface area (Å²) >= 11 is 1.69. The summed E-state index contributed by atoms with van der Waals surface area (Å²) in [5.74, 6) is 0.566. The molecule has 0 spiro atoms. The van der Waals surface area contributed by atoms with Gasteiger partial charge in [0.15, 0.2) is 5.13 Å². The standard InChI is InChI=1S/C33H47N7O2S/c1-25(2)27-21-26-7-5-8-35-32(26)30(22-27)39-13-6-12-38(15-16-39)29(23-31(41)34-9-14-37-10-3-4-11-37)28-24-43-33(36-28)40-17-19-42-20-18-40/h5,7-8,21-22,24-25,29H,3-4,6,9-20,23H2,1-2H3,(H,34,41). The lowest BCUT2D eigenvalue weighted by Gasteiger charge is -2.30. The molecule has 0 radical (unpaired) electrons. The molecule has 3 aliphatic rings. The van der Waals surface area contributed by atoms with Gasteiger partial charge in [0.1, 0.15) is 0 Å². The van der Waals surface area contributed by atoms with E-state index < -0.39 is 0 Å². The Hall–Kier alpha value is -2.79. The van der Waals surface area contributed by atoms with Crippen molar-refractivity contribution >= 4 is 39.0 Å². The minimum Gasteiger partial charge on any atom is -0.378 e.